The van der Waals surface area contributed by atoms with Gasteiger partial charge in [0.05, 0.1) is 6.61 Å². The van der Waals surface area contributed by atoms with E-state index >= 15 is 0 Å². The number of nitrogen functional groups attached to an aromatic ring is 1. The van der Waals surface area contributed by atoms with Crippen LogP contribution in [0.1, 0.15) is 19.6 Å². The summed E-state index contributed by atoms with van der Waals surface area (Å²) in [6.45, 7) is 1.28. The average Bonchev–Trinajstić information content (AvgIpc) is 2.81. The van der Waals surface area contributed by atoms with Crippen LogP contribution < -0.4 is 11.2 Å². The summed E-state index contributed by atoms with van der Waals surface area (Å²) in [7, 11) is 0. The van der Waals surface area contributed by atoms with Gasteiger partial charge in [0.25, 0.3) is 0 Å². The van der Waals surface area contributed by atoms with Gasteiger partial charge in [-0.05, 0) is 6.42 Å². The Kier molecular flexibility index (Phi) is 3.80. The molecular weight excluding hydrogens is 304 g/mol. The summed E-state index contributed by atoms with van der Waals surface area (Å²) in [5.74, 6) is 0.0197. The van der Waals surface area contributed by atoms with Crippen molar-refractivity contribution < 1.29 is 20.1 Å². The Balaban J connectivity index is 2.17. The minimum Gasteiger partial charge on any atom is -0.393 e. The van der Waals surface area contributed by atoms with Crippen LogP contribution in [0.3, 0.4) is 0 Å². The van der Waals surface area contributed by atoms with Gasteiger partial charge in [0.2, 0.25) is 0 Å². The van der Waals surface area contributed by atoms with Gasteiger partial charge >= 0.3 is 0 Å². The van der Waals surface area contributed by atoms with E-state index in [1.54, 1.807) is 6.92 Å². The first-order valence-corrected chi connectivity index (χ1v) is 7.21. The van der Waals surface area contributed by atoms with Gasteiger partial charge in [0, 0.05) is 12.3 Å². The van der Waals surface area contributed by atoms with Gasteiger partial charge in [0.15, 0.2) is 17.3 Å². The highest BCUT2D eigenvalue weighted by Gasteiger charge is 2.53. The van der Waals surface area contributed by atoms with E-state index in [0.717, 1.165) is 0 Å². The number of fused-ring (bicyclic) bond motifs is 1. The zero-order valence-electron chi connectivity index (χ0n) is 12.5. The number of nitrogens with two attached hydrogens (primary N) is 1. The lowest BCUT2D eigenvalue weighted by Crippen LogP contribution is -2.45. The molecule has 1 aliphatic rings. The zero-order valence-corrected chi connectivity index (χ0v) is 12.5. The third-order valence-electron chi connectivity index (χ3n) is 4.38. The monoisotopic (exact) mass is 322 g/mol. The Morgan fingerprint density at radius 3 is 2.78 bits per heavy atom. The maximum atomic E-state index is 12.0. The van der Waals surface area contributed by atoms with Gasteiger partial charge in [-0.1, -0.05) is 6.92 Å². The first-order chi connectivity index (χ1) is 10.9. The van der Waals surface area contributed by atoms with Gasteiger partial charge in [-0.25, -0.2) is 9.97 Å². The van der Waals surface area contributed by atoms with Gasteiger partial charge < -0.3 is 30.4 Å². The second-order valence-corrected chi connectivity index (χ2v) is 5.57. The fourth-order valence-corrected chi connectivity index (χ4v) is 2.93. The van der Waals surface area contributed by atoms with E-state index in [1.807, 2.05) is 0 Å². The van der Waals surface area contributed by atoms with Crippen LogP contribution in [-0.4, -0.2) is 54.3 Å². The van der Waals surface area contributed by atoms with Gasteiger partial charge in [-0.2, -0.15) is 0 Å². The molecule has 0 aromatic carbocycles. The Bertz CT molecular complexity index is 788. The Morgan fingerprint density at radius 1 is 1.43 bits per heavy atom. The smallest absolute Gasteiger partial charge is 0.194 e. The van der Waals surface area contributed by atoms with Crippen LogP contribution in [0.25, 0.3) is 11.0 Å². The molecule has 9 heteroatoms. The van der Waals surface area contributed by atoms with Crippen molar-refractivity contribution in [3.63, 3.8) is 0 Å². The van der Waals surface area contributed by atoms with E-state index in [1.165, 1.54) is 23.2 Å². The van der Waals surface area contributed by atoms with Crippen molar-refractivity contribution in [2.24, 2.45) is 0 Å². The van der Waals surface area contributed by atoms with E-state index in [4.69, 9.17) is 10.5 Å². The van der Waals surface area contributed by atoms with Crippen molar-refractivity contribution in [3.8, 4) is 0 Å². The first kappa shape index (κ1) is 15.8. The predicted octanol–water partition coefficient (Wildman–Crippen LogP) is -1.23. The molecule has 9 nitrogen and oxygen atoms in total. The summed E-state index contributed by atoms with van der Waals surface area (Å²) in [6.07, 6.45) is -0.701. The Hall–Kier alpha value is -2.07. The Labute approximate surface area is 131 Å². The average molecular weight is 322 g/mol. The van der Waals surface area contributed by atoms with Crippen LogP contribution in [0.15, 0.2) is 23.4 Å². The van der Waals surface area contributed by atoms with E-state index < -0.39 is 30.6 Å². The number of rotatable bonds is 3. The van der Waals surface area contributed by atoms with Crippen LogP contribution in [-0.2, 0) is 4.74 Å². The molecule has 1 saturated heterocycles. The van der Waals surface area contributed by atoms with Gasteiger partial charge in [0.1, 0.15) is 35.3 Å². The fourth-order valence-electron chi connectivity index (χ4n) is 2.93. The molecule has 5 N–H and O–H groups in total. The summed E-state index contributed by atoms with van der Waals surface area (Å²) in [5, 5.41) is 30.3. The van der Waals surface area contributed by atoms with Gasteiger partial charge in [-0.15, -0.1) is 0 Å². The molecule has 23 heavy (non-hydrogen) atoms. The molecule has 0 spiro atoms. The third kappa shape index (κ3) is 2.20. The first-order valence-electron chi connectivity index (χ1n) is 7.21. The molecule has 3 rings (SSSR count). The van der Waals surface area contributed by atoms with Crippen molar-refractivity contribution in [2.45, 2.75) is 37.4 Å². The molecule has 2 aromatic heterocycles. The van der Waals surface area contributed by atoms with Crippen LogP contribution >= 0.6 is 0 Å². The predicted molar refractivity (Wildman–Crippen MR) is 80.5 cm³/mol. The molecule has 1 unspecified atom stereocenters. The lowest BCUT2D eigenvalue weighted by Gasteiger charge is -2.28. The molecule has 0 bridgehead atoms. The molecule has 0 amide bonds. The molecule has 1 fully saturated rings. The van der Waals surface area contributed by atoms with Crippen LogP contribution in [0.5, 0.6) is 0 Å². The lowest BCUT2D eigenvalue weighted by atomic mass is 9.93. The quantitative estimate of drug-likeness (QED) is 0.549. The number of aromatic nitrogens is 3. The van der Waals surface area contributed by atoms with E-state index in [-0.39, 0.29) is 22.3 Å². The highest BCUT2D eigenvalue weighted by Crippen LogP contribution is 2.39. The molecule has 124 valence electrons. The maximum Gasteiger partial charge on any atom is 0.194 e. The van der Waals surface area contributed by atoms with E-state index in [0.29, 0.717) is 6.42 Å². The second kappa shape index (κ2) is 5.53. The summed E-state index contributed by atoms with van der Waals surface area (Å²) in [5.41, 5.74) is 4.29. The fraction of sp³-hybridized carbons (Fsp3) is 0.500. The van der Waals surface area contributed by atoms with Crippen LogP contribution in [0, 0.1) is 0 Å². The number of pyridine rings is 1. The highest BCUT2D eigenvalue weighted by molar-refractivity contribution is 5.84. The van der Waals surface area contributed by atoms with E-state index in [2.05, 4.69) is 9.97 Å². The van der Waals surface area contributed by atoms with Crippen LogP contribution in [0.2, 0.25) is 0 Å². The molecule has 3 heterocycles. The van der Waals surface area contributed by atoms with Crippen LogP contribution in [0.4, 0.5) is 5.82 Å². The summed E-state index contributed by atoms with van der Waals surface area (Å²) >= 11 is 0. The second-order valence-electron chi connectivity index (χ2n) is 5.57. The summed E-state index contributed by atoms with van der Waals surface area (Å²) < 4.78 is 7.17. The number of ether oxygens (including phenoxy) is 1. The maximum absolute atomic E-state index is 12.0. The number of hydrogen-bond donors (Lipinski definition) is 4. The Morgan fingerprint density at radius 2 is 2.17 bits per heavy atom. The third-order valence-corrected chi connectivity index (χ3v) is 4.38. The minimum absolute atomic E-state index is 0.0197. The molecule has 0 radical (unpaired) electrons. The largest absolute Gasteiger partial charge is 0.393 e. The number of aliphatic hydroxyl groups excluding tert-OH is 3. The number of aliphatic hydroxyl groups is 3. The number of hydrogen-bond acceptors (Lipinski definition) is 8. The highest BCUT2D eigenvalue weighted by atomic mass is 16.6. The standard InChI is InChI=1S/C14H18N4O5/c1-2-14(5-19)10(22)9(21)13(23-14)18-4-3-7(20)8-11(15)16-6-17-12(8)18/h3-4,6,9-10,13,19,21-22H,2,5H2,1H3,(H2,15,16,17)/t9-,10+,13?,14-/m1/s1. The normalized spacial score (nSPS) is 30.9. The molecule has 2 aromatic rings. The molecule has 4 atom stereocenters. The number of nitrogens with zero attached hydrogens (tertiary/aromatic N) is 3. The summed E-state index contributed by atoms with van der Waals surface area (Å²) in [4.78, 5) is 19.8. The van der Waals surface area contributed by atoms with Gasteiger partial charge in [-0.3, -0.25) is 4.79 Å². The van der Waals surface area contributed by atoms with Crippen molar-refractivity contribution in [2.75, 3.05) is 12.3 Å². The topological polar surface area (TPSA) is 144 Å². The molecule has 1 aliphatic heterocycles. The molecule has 0 aliphatic carbocycles. The van der Waals surface area contributed by atoms with Crippen molar-refractivity contribution >= 4 is 16.9 Å². The minimum atomic E-state index is -1.30. The zero-order chi connectivity index (χ0) is 16.8. The van der Waals surface area contributed by atoms with Crippen molar-refractivity contribution in [1.82, 2.24) is 14.5 Å². The molecule has 0 saturated carbocycles. The number of anilines is 1. The summed E-state index contributed by atoms with van der Waals surface area (Å²) in [6, 6.07) is 1.26. The SMILES string of the molecule is CC[C@]1(CO)OC(n2ccc(=O)c3c(N)ncnc32)[C@H](O)[C@@H]1O. The van der Waals surface area contributed by atoms with Crippen molar-refractivity contribution in [1.29, 1.82) is 0 Å². The van der Waals surface area contributed by atoms with Crippen molar-refractivity contribution in [3.05, 3.63) is 28.8 Å². The molecular formula is C14H18N4O5. The lowest BCUT2D eigenvalue weighted by molar-refractivity contribution is -0.129. The van der Waals surface area contributed by atoms with E-state index in [9.17, 15) is 20.1 Å².